The van der Waals surface area contributed by atoms with Crippen molar-refractivity contribution in [3.05, 3.63) is 35.8 Å². The molecule has 2 N–H and O–H groups in total. The number of benzene rings is 1. The van der Waals surface area contributed by atoms with Crippen molar-refractivity contribution in [3.63, 3.8) is 0 Å². The molecule has 1 aromatic carbocycles. The van der Waals surface area contributed by atoms with E-state index >= 15 is 0 Å². The number of nitrogens with zero attached hydrogens (tertiary/aromatic N) is 1. The molecule has 0 unspecified atom stereocenters. The Bertz CT molecular complexity index is 500. The van der Waals surface area contributed by atoms with Crippen LogP contribution < -0.4 is 5.73 Å². The molecule has 0 bridgehead atoms. The predicted molar refractivity (Wildman–Crippen MR) is 65.0 cm³/mol. The number of aromatic nitrogens is 1. The largest absolute Gasteiger partial charge is 0.342 e. The van der Waals surface area contributed by atoms with Crippen LogP contribution in [-0.4, -0.2) is 11.1 Å². The Kier molecular flexibility index (Phi) is 2.97. The van der Waals surface area contributed by atoms with Gasteiger partial charge >= 0.3 is 0 Å². The van der Waals surface area contributed by atoms with E-state index in [1.807, 2.05) is 12.1 Å². The number of fused-ring (bicyclic) bond motifs is 1. The zero-order valence-electron chi connectivity index (χ0n) is 9.70. The van der Waals surface area contributed by atoms with E-state index in [9.17, 15) is 4.39 Å². The first-order chi connectivity index (χ1) is 7.63. The van der Waals surface area contributed by atoms with Crippen molar-refractivity contribution in [2.45, 2.75) is 26.3 Å². The monoisotopic (exact) mass is 220 g/mol. The molecule has 0 saturated heterocycles. The molecule has 86 valence electrons. The van der Waals surface area contributed by atoms with Crippen LogP contribution in [0.2, 0.25) is 0 Å². The molecule has 0 saturated carbocycles. The van der Waals surface area contributed by atoms with Crippen LogP contribution in [0.4, 0.5) is 4.39 Å². The lowest BCUT2D eigenvalue weighted by atomic mass is 10.2. The summed E-state index contributed by atoms with van der Waals surface area (Å²) in [6.45, 7) is 4.87. The van der Waals surface area contributed by atoms with Crippen LogP contribution in [0.5, 0.6) is 0 Å². The first kappa shape index (κ1) is 11.1. The van der Waals surface area contributed by atoms with Crippen LogP contribution in [0.1, 0.15) is 25.6 Å². The van der Waals surface area contributed by atoms with Crippen molar-refractivity contribution in [2.75, 3.05) is 6.54 Å². The fraction of sp³-hybridized carbons (Fsp3) is 0.385. The van der Waals surface area contributed by atoms with Gasteiger partial charge in [0.05, 0.1) is 0 Å². The van der Waals surface area contributed by atoms with Crippen LogP contribution in [0.25, 0.3) is 10.9 Å². The van der Waals surface area contributed by atoms with E-state index in [-0.39, 0.29) is 5.82 Å². The summed E-state index contributed by atoms with van der Waals surface area (Å²) in [4.78, 5) is 0. The van der Waals surface area contributed by atoms with Gasteiger partial charge in [0, 0.05) is 22.6 Å². The molecule has 0 aliphatic rings. The minimum atomic E-state index is -0.187. The van der Waals surface area contributed by atoms with Crippen molar-refractivity contribution in [1.82, 2.24) is 4.57 Å². The number of nitrogens with two attached hydrogens (primary N) is 1. The second-order valence-corrected chi connectivity index (χ2v) is 4.34. The van der Waals surface area contributed by atoms with Gasteiger partial charge in [-0.05, 0) is 51.1 Å². The molecule has 0 atom stereocenters. The molecule has 3 heteroatoms. The SMILES string of the molecule is CC(C)n1c(CCN)cc2cc(F)ccc21. The lowest BCUT2D eigenvalue weighted by Crippen LogP contribution is -2.10. The first-order valence-corrected chi connectivity index (χ1v) is 5.63. The topological polar surface area (TPSA) is 30.9 Å². The molecule has 0 aliphatic heterocycles. The Morgan fingerprint density at radius 3 is 2.69 bits per heavy atom. The Labute approximate surface area is 94.9 Å². The molecular formula is C13H17FN2. The number of halogens is 1. The molecule has 2 aromatic rings. The van der Waals surface area contributed by atoms with E-state index in [4.69, 9.17) is 5.73 Å². The standard InChI is InChI=1S/C13H17FN2/c1-9(2)16-12(5-6-15)8-10-7-11(14)3-4-13(10)16/h3-4,7-9H,5-6,15H2,1-2H3. The lowest BCUT2D eigenvalue weighted by Gasteiger charge is -2.14. The van der Waals surface area contributed by atoms with Gasteiger partial charge in [0.1, 0.15) is 5.82 Å². The summed E-state index contributed by atoms with van der Waals surface area (Å²) in [6.07, 6.45) is 0.828. The zero-order chi connectivity index (χ0) is 11.7. The van der Waals surface area contributed by atoms with Crippen molar-refractivity contribution < 1.29 is 4.39 Å². The normalized spacial score (nSPS) is 11.6. The maximum Gasteiger partial charge on any atom is 0.123 e. The summed E-state index contributed by atoms with van der Waals surface area (Å²) in [6, 6.07) is 7.32. The van der Waals surface area contributed by atoms with Gasteiger partial charge in [0.15, 0.2) is 0 Å². The average Bonchev–Trinajstić information content (AvgIpc) is 2.55. The van der Waals surface area contributed by atoms with E-state index in [1.165, 1.54) is 11.8 Å². The van der Waals surface area contributed by atoms with Crippen molar-refractivity contribution >= 4 is 10.9 Å². The molecule has 1 aromatic heterocycles. The molecule has 0 radical (unpaired) electrons. The molecule has 0 fully saturated rings. The summed E-state index contributed by atoms with van der Waals surface area (Å²) < 4.78 is 15.4. The van der Waals surface area contributed by atoms with E-state index in [1.54, 1.807) is 6.07 Å². The van der Waals surface area contributed by atoms with Gasteiger partial charge in [0.25, 0.3) is 0 Å². The molecular weight excluding hydrogens is 203 g/mol. The van der Waals surface area contributed by atoms with Gasteiger partial charge in [-0.25, -0.2) is 4.39 Å². The molecule has 0 aliphatic carbocycles. The van der Waals surface area contributed by atoms with Crippen LogP contribution in [-0.2, 0) is 6.42 Å². The van der Waals surface area contributed by atoms with Crippen molar-refractivity contribution in [2.24, 2.45) is 5.73 Å². The van der Waals surface area contributed by atoms with Crippen LogP contribution in [0, 0.1) is 5.82 Å². The van der Waals surface area contributed by atoms with Gasteiger partial charge in [0.2, 0.25) is 0 Å². The quantitative estimate of drug-likeness (QED) is 0.847. The molecule has 2 rings (SSSR count). The summed E-state index contributed by atoms with van der Waals surface area (Å²) >= 11 is 0. The summed E-state index contributed by atoms with van der Waals surface area (Å²) in [5.41, 5.74) is 7.86. The molecule has 2 nitrogen and oxygen atoms in total. The Balaban J connectivity index is 2.65. The van der Waals surface area contributed by atoms with Gasteiger partial charge in [-0.15, -0.1) is 0 Å². The van der Waals surface area contributed by atoms with Crippen LogP contribution in [0.15, 0.2) is 24.3 Å². The van der Waals surface area contributed by atoms with Gasteiger partial charge in [-0.3, -0.25) is 0 Å². The highest BCUT2D eigenvalue weighted by atomic mass is 19.1. The van der Waals surface area contributed by atoms with Crippen molar-refractivity contribution in [1.29, 1.82) is 0 Å². The summed E-state index contributed by atoms with van der Waals surface area (Å²) in [5, 5.41) is 0.956. The molecule has 1 heterocycles. The third-order valence-electron chi connectivity index (χ3n) is 2.80. The van der Waals surface area contributed by atoms with E-state index in [0.29, 0.717) is 12.6 Å². The minimum Gasteiger partial charge on any atom is -0.342 e. The fourth-order valence-electron chi connectivity index (χ4n) is 2.21. The highest BCUT2D eigenvalue weighted by Crippen LogP contribution is 2.25. The van der Waals surface area contributed by atoms with Gasteiger partial charge in [-0.1, -0.05) is 0 Å². The molecule has 16 heavy (non-hydrogen) atoms. The summed E-state index contributed by atoms with van der Waals surface area (Å²) in [5.74, 6) is -0.187. The lowest BCUT2D eigenvalue weighted by molar-refractivity contribution is 0.593. The summed E-state index contributed by atoms with van der Waals surface area (Å²) in [7, 11) is 0. The van der Waals surface area contributed by atoms with Gasteiger partial charge < -0.3 is 10.3 Å². The minimum absolute atomic E-state index is 0.187. The van der Waals surface area contributed by atoms with Crippen LogP contribution >= 0.6 is 0 Å². The second-order valence-electron chi connectivity index (χ2n) is 4.34. The van der Waals surface area contributed by atoms with Crippen LogP contribution in [0.3, 0.4) is 0 Å². The third kappa shape index (κ3) is 1.83. The Morgan fingerprint density at radius 2 is 2.06 bits per heavy atom. The van der Waals surface area contributed by atoms with Crippen molar-refractivity contribution in [3.8, 4) is 0 Å². The van der Waals surface area contributed by atoms with E-state index in [0.717, 1.165) is 17.3 Å². The van der Waals surface area contributed by atoms with Gasteiger partial charge in [-0.2, -0.15) is 0 Å². The third-order valence-corrected chi connectivity index (χ3v) is 2.80. The zero-order valence-corrected chi connectivity index (χ0v) is 9.70. The van der Waals surface area contributed by atoms with E-state index in [2.05, 4.69) is 18.4 Å². The Morgan fingerprint density at radius 1 is 1.31 bits per heavy atom. The Hall–Kier alpha value is -1.35. The smallest absolute Gasteiger partial charge is 0.123 e. The maximum atomic E-state index is 13.1. The number of rotatable bonds is 3. The average molecular weight is 220 g/mol. The van der Waals surface area contributed by atoms with E-state index < -0.39 is 0 Å². The molecule has 0 spiro atoms. The second kappa shape index (κ2) is 4.26. The fourth-order valence-corrected chi connectivity index (χ4v) is 2.21. The molecule has 0 amide bonds. The predicted octanol–water partition coefficient (Wildman–Crippen LogP) is 2.86. The number of hydrogen-bond acceptors (Lipinski definition) is 1. The highest BCUT2D eigenvalue weighted by Gasteiger charge is 2.11. The first-order valence-electron chi connectivity index (χ1n) is 5.63. The maximum absolute atomic E-state index is 13.1. The highest BCUT2D eigenvalue weighted by molar-refractivity contribution is 5.81. The number of hydrogen-bond donors (Lipinski definition) is 1.